The predicted molar refractivity (Wildman–Crippen MR) is 57.1 cm³/mol. The van der Waals surface area contributed by atoms with Crippen LogP contribution in [-0.4, -0.2) is 29.7 Å². The molecule has 0 aliphatic heterocycles. The van der Waals surface area contributed by atoms with Gasteiger partial charge in [-0.05, 0) is 37.6 Å². The van der Waals surface area contributed by atoms with Gasteiger partial charge in [-0.25, -0.2) is 0 Å². The van der Waals surface area contributed by atoms with E-state index in [-0.39, 0.29) is 23.5 Å². The molecule has 0 unspecified atom stereocenters. The number of carbonyl (C=O) groups is 1. The summed E-state index contributed by atoms with van der Waals surface area (Å²) in [5.41, 5.74) is 5.79. The van der Waals surface area contributed by atoms with Crippen molar-refractivity contribution in [3.8, 4) is 0 Å². The molecule has 0 radical (unpaired) electrons. The van der Waals surface area contributed by atoms with Gasteiger partial charge in [-0.1, -0.05) is 6.42 Å². The molecule has 2 aliphatic rings. The van der Waals surface area contributed by atoms with E-state index in [1.54, 1.807) is 0 Å². The highest BCUT2D eigenvalue weighted by atomic mass is 16.3. The summed E-state index contributed by atoms with van der Waals surface area (Å²) >= 11 is 0. The van der Waals surface area contributed by atoms with E-state index in [2.05, 4.69) is 5.32 Å². The van der Waals surface area contributed by atoms with Crippen LogP contribution in [0.2, 0.25) is 0 Å². The molecule has 0 atom stereocenters. The van der Waals surface area contributed by atoms with E-state index in [0.717, 1.165) is 12.8 Å². The van der Waals surface area contributed by atoms with Crippen molar-refractivity contribution in [1.82, 2.24) is 5.32 Å². The van der Waals surface area contributed by atoms with Crippen molar-refractivity contribution in [2.24, 2.45) is 11.1 Å². The Kier molecular flexibility index (Phi) is 2.98. The van der Waals surface area contributed by atoms with Crippen molar-refractivity contribution in [2.45, 2.75) is 50.7 Å². The summed E-state index contributed by atoms with van der Waals surface area (Å²) in [6.07, 6.45) is 5.15. The van der Waals surface area contributed by atoms with Gasteiger partial charge in [0.15, 0.2) is 0 Å². The van der Waals surface area contributed by atoms with Crippen LogP contribution in [0.4, 0.5) is 0 Å². The summed E-state index contributed by atoms with van der Waals surface area (Å²) < 4.78 is 0. The molecule has 4 nitrogen and oxygen atoms in total. The van der Waals surface area contributed by atoms with E-state index in [1.165, 1.54) is 6.42 Å². The molecule has 0 spiro atoms. The number of rotatable bonds is 4. The lowest BCUT2D eigenvalue weighted by Gasteiger charge is -2.41. The lowest BCUT2D eigenvalue weighted by Crippen LogP contribution is -2.49. The van der Waals surface area contributed by atoms with Gasteiger partial charge in [0.2, 0.25) is 5.91 Å². The Hall–Kier alpha value is -0.610. The van der Waals surface area contributed by atoms with E-state index in [1.807, 2.05) is 0 Å². The average Bonchev–Trinajstić information content (AvgIpc) is 2.09. The maximum Gasteiger partial charge on any atom is 0.220 e. The molecule has 0 bridgehead atoms. The van der Waals surface area contributed by atoms with Crippen molar-refractivity contribution in [3.63, 3.8) is 0 Å². The van der Waals surface area contributed by atoms with Crippen LogP contribution in [0.25, 0.3) is 0 Å². The molecule has 86 valence electrons. The molecule has 15 heavy (non-hydrogen) atoms. The average molecular weight is 212 g/mol. The Labute approximate surface area is 90.2 Å². The van der Waals surface area contributed by atoms with Gasteiger partial charge in [0.05, 0.1) is 6.10 Å². The largest absolute Gasteiger partial charge is 0.393 e. The van der Waals surface area contributed by atoms with Gasteiger partial charge in [-0.3, -0.25) is 4.79 Å². The van der Waals surface area contributed by atoms with Crippen LogP contribution < -0.4 is 11.1 Å². The normalized spacial score (nSPS) is 32.7. The number of hydrogen-bond acceptors (Lipinski definition) is 3. The van der Waals surface area contributed by atoms with Gasteiger partial charge in [0.1, 0.15) is 0 Å². The highest BCUT2D eigenvalue weighted by Crippen LogP contribution is 2.42. The van der Waals surface area contributed by atoms with E-state index in [4.69, 9.17) is 10.8 Å². The van der Waals surface area contributed by atoms with Crippen molar-refractivity contribution in [3.05, 3.63) is 0 Å². The molecule has 1 amide bonds. The minimum atomic E-state index is -0.206. The van der Waals surface area contributed by atoms with Crippen LogP contribution in [0.1, 0.15) is 38.5 Å². The van der Waals surface area contributed by atoms with Gasteiger partial charge in [0.25, 0.3) is 0 Å². The summed E-state index contributed by atoms with van der Waals surface area (Å²) in [5.74, 6) is 0.108. The molecule has 2 aliphatic carbocycles. The Morgan fingerprint density at radius 3 is 2.53 bits per heavy atom. The number of amides is 1. The second-order valence-corrected chi connectivity index (χ2v) is 5.12. The van der Waals surface area contributed by atoms with E-state index in [0.29, 0.717) is 25.8 Å². The van der Waals surface area contributed by atoms with Gasteiger partial charge in [-0.2, -0.15) is 0 Å². The molecule has 0 heterocycles. The zero-order chi connectivity index (χ0) is 10.9. The fourth-order valence-corrected chi connectivity index (χ4v) is 2.45. The smallest absolute Gasteiger partial charge is 0.220 e. The third-order valence-electron chi connectivity index (χ3n) is 3.86. The van der Waals surface area contributed by atoms with Crippen LogP contribution in [0.15, 0.2) is 0 Å². The Balaban J connectivity index is 1.72. The van der Waals surface area contributed by atoms with E-state index in [9.17, 15) is 4.79 Å². The number of aliphatic hydroxyl groups excluding tert-OH is 1. The van der Waals surface area contributed by atoms with Crippen molar-refractivity contribution < 1.29 is 9.90 Å². The number of carbonyl (C=O) groups excluding carboxylic acids is 1. The van der Waals surface area contributed by atoms with E-state index >= 15 is 0 Å². The first-order valence-electron chi connectivity index (χ1n) is 5.81. The summed E-state index contributed by atoms with van der Waals surface area (Å²) in [7, 11) is 0. The standard InChI is InChI=1S/C11H20N2O2/c12-7-11(2-1-3-11)6-10(15)13-8-4-9(14)5-8/h8-9,14H,1-7,12H2,(H,13,15). The van der Waals surface area contributed by atoms with Crippen LogP contribution in [-0.2, 0) is 4.79 Å². The first-order valence-corrected chi connectivity index (χ1v) is 5.81. The quantitative estimate of drug-likeness (QED) is 0.620. The third-order valence-corrected chi connectivity index (χ3v) is 3.86. The third kappa shape index (κ3) is 2.32. The topological polar surface area (TPSA) is 75.4 Å². The molecule has 0 saturated heterocycles. The SMILES string of the molecule is NCC1(CC(=O)NC2CC(O)C2)CCC1. The van der Waals surface area contributed by atoms with Crippen molar-refractivity contribution in [1.29, 1.82) is 0 Å². The lowest BCUT2D eigenvalue weighted by atomic mass is 9.66. The number of aliphatic hydroxyl groups is 1. The minimum absolute atomic E-state index is 0.0897. The summed E-state index contributed by atoms with van der Waals surface area (Å²) in [6, 6.07) is 0.197. The molecule has 2 rings (SSSR count). The van der Waals surface area contributed by atoms with Gasteiger partial charge >= 0.3 is 0 Å². The van der Waals surface area contributed by atoms with Crippen LogP contribution in [0.3, 0.4) is 0 Å². The molecular formula is C11H20N2O2. The van der Waals surface area contributed by atoms with Crippen LogP contribution in [0, 0.1) is 5.41 Å². The fraction of sp³-hybridized carbons (Fsp3) is 0.909. The van der Waals surface area contributed by atoms with E-state index < -0.39 is 0 Å². The maximum atomic E-state index is 11.7. The molecule has 4 heteroatoms. The fourth-order valence-electron chi connectivity index (χ4n) is 2.45. The lowest BCUT2D eigenvalue weighted by molar-refractivity contribution is -0.126. The zero-order valence-electron chi connectivity index (χ0n) is 9.04. The summed E-state index contributed by atoms with van der Waals surface area (Å²) in [5, 5.41) is 12.0. The minimum Gasteiger partial charge on any atom is -0.393 e. The molecule has 4 N–H and O–H groups in total. The first-order chi connectivity index (χ1) is 7.13. The monoisotopic (exact) mass is 212 g/mol. The summed E-state index contributed by atoms with van der Waals surface area (Å²) in [6.45, 7) is 0.619. The second kappa shape index (κ2) is 4.10. The Morgan fingerprint density at radius 1 is 1.47 bits per heavy atom. The molecule has 0 aromatic carbocycles. The Morgan fingerprint density at radius 2 is 2.13 bits per heavy atom. The Bertz CT molecular complexity index is 239. The maximum absolute atomic E-state index is 11.7. The van der Waals surface area contributed by atoms with Gasteiger partial charge in [-0.15, -0.1) is 0 Å². The predicted octanol–water partition coefficient (Wildman–Crippen LogP) is 0.145. The number of nitrogens with two attached hydrogens (primary N) is 1. The van der Waals surface area contributed by atoms with Crippen LogP contribution in [0.5, 0.6) is 0 Å². The highest BCUT2D eigenvalue weighted by molar-refractivity contribution is 5.77. The number of nitrogens with one attached hydrogen (secondary N) is 1. The molecule has 0 aromatic rings. The molecule has 2 fully saturated rings. The van der Waals surface area contributed by atoms with Crippen molar-refractivity contribution >= 4 is 5.91 Å². The van der Waals surface area contributed by atoms with Crippen molar-refractivity contribution in [2.75, 3.05) is 6.54 Å². The van der Waals surface area contributed by atoms with Gasteiger partial charge < -0.3 is 16.2 Å². The summed E-state index contributed by atoms with van der Waals surface area (Å²) in [4.78, 5) is 11.7. The first kappa shape index (κ1) is 10.9. The molecule has 2 saturated carbocycles. The zero-order valence-corrected chi connectivity index (χ0v) is 9.04. The number of hydrogen-bond donors (Lipinski definition) is 3. The highest BCUT2D eigenvalue weighted by Gasteiger charge is 2.38. The molecule has 0 aromatic heterocycles. The molecular weight excluding hydrogens is 192 g/mol. The second-order valence-electron chi connectivity index (χ2n) is 5.12. The van der Waals surface area contributed by atoms with Gasteiger partial charge in [0, 0.05) is 12.5 Å². The van der Waals surface area contributed by atoms with Crippen LogP contribution >= 0.6 is 0 Å².